The minimum Gasteiger partial charge on any atom is -0.479 e. The number of morpholine rings is 1. The molecular formula is C17H20N4O4. The van der Waals surface area contributed by atoms with Crippen molar-refractivity contribution in [1.29, 1.82) is 0 Å². The van der Waals surface area contributed by atoms with E-state index in [2.05, 4.69) is 10.3 Å². The zero-order valence-corrected chi connectivity index (χ0v) is 14.2. The van der Waals surface area contributed by atoms with Gasteiger partial charge in [0.15, 0.2) is 6.10 Å². The number of aromatic nitrogens is 3. The van der Waals surface area contributed by atoms with Crippen molar-refractivity contribution in [2.45, 2.75) is 26.4 Å². The van der Waals surface area contributed by atoms with Crippen LogP contribution in [0.1, 0.15) is 17.0 Å². The predicted molar refractivity (Wildman–Crippen MR) is 88.5 cm³/mol. The van der Waals surface area contributed by atoms with Gasteiger partial charge in [-0.25, -0.2) is 9.48 Å². The van der Waals surface area contributed by atoms with Crippen LogP contribution in [-0.4, -0.2) is 62.7 Å². The minimum atomic E-state index is -1.06. The van der Waals surface area contributed by atoms with Crippen LogP contribution < -0.4 is 0 Å². The van der Waals surface area contributed by atoms with Gasteiger partial charge in [0.05, 0.1) is 36.6 Å². The third kappa shape index (κ3) is 3.69. The van der Waals surface area contributed by atoms with E-state index in [1.807, 2.05) is 38.1 Å². The Labute approximate surface area is 145 Å². The summed E-state index contributed by atoms with van der Waals surface area (Å²) in [6.45, 7) is 4.53. The van der Waals surface area contributed by atoms with Gasteiger partial charge in [0.2, 0.25) is 5.91 Å². The first-order valence-electron chi connectivity index (χ1n) is 8.06. The van der Waals surface area contributed by atoms with Crippen molar-refractivity contribution >= 4 is 11.9 Å². The lowest BCUT2D eigenvalue weighted by Gasteiger charge is -2.30. The zero-order valence-electron chi connectivity index (χ0n) is 14.2. The van der Waals surface area contributed by atoms with Crippen molar-refractivity contribution in [2.24, 2.45) is 0 Å². The Kier molecular flexibility index (Phi) is 4.80. The molecule has 1 aromatic carbocycles. The van der Waals surface area contributed by atoms with Gasteiger partial charge in [-0.3, -0.25) is 4.79 Å². The molecule has 1 saturated heterocycles. The highest BCUT2D eigenvalue weighted by molar-refractivity contribution is 5.80. The maximum absolute atomic E-state index is 12.5. The molecule has 8 nitrogen and oxygen atoms in total. The summed E-state index contributed by atoms with van der Waals surface area (Å²) in [4.78, 5) is 25.0. The number of rotatable bonds is 4. The number of nitrogens with zero attached hydrogens (tertiary/aromatic N) is 4. The predicted octanol–water partition coefficient (Wildman–Crippen LogP) is 0.739. The minimum absolute atomic E-state index is 0.0549. The van der Waals surface area contributed by atoms with Gasteiger partial charge in [-0.05, 0) is 26.0 Å². The summed E-state index contributed by atoms with van der Waals surface area (Å²) in [5, 5.41) is 17.3. The summed E-state index contributed by atoms with van der Waals surface area (Å²) in [5.41, 5.74) is 3.41. The van der Waals surface area contributed by atoms with E-state index in [4.69, 9.17) is 9.84 Å². The molecule has 2 aromatic rings. The Balaban J connectivity index is 1.72. The number of carbonyl (C=O) groups is 2. The van der Waals surface area contributed by atoms with Gasteiger partial charge in [0, 0.05) is 6.54 Å². The highest BCUT2D eigenvalue weighted by Crippen LogP contribution is 2.15. The number of hydrogen-bond acceptors (Lipinski definition) is 5. The topological polar surface area (TPSA) is 97.5 Å². The number of amides is 1. The van der Waals surface area contributed by atoms with Gasteiger partial charge in [-0.15, -0.1) is 5.10 Å². The average Bonchev–Trinajstić information content (AvgIpc) is 2.96. The largest absolute Gasteiger partial charge is 0.479 e. The molecule has 0 aliphatic carbocycles. The third-order valence-electron chi connectivity index (χ3n) is 4.28. The molecule has 1 N–H and O–H groups in total. The van der Waals surface area contributed by atoms with Crippen molar-refractivity contribution in [2.75, 3.05) is 19.7 Å². The second kappa shape index (κ2) is 7.02. The Morgan fingerprint density at radius 1 is 1.28 bits per heavy atom. The maximum Gasteiger partial charge on any atom is 0.334 e. The molecule has 0 bridgehead atoms. The van der Waals surface area contributed by atoms with Crippen LogP contribution in [0.15, 0.2) is 24.3 Å². The van der Waals surface area contributed by atoms with Gasteiger partial charge >= 0.3 is 5.97 Å². The van der Waals surface area contributed by atoms with E-state index in [0.29, 0.717) is 12.2 Å². The van der Waals surface area contributed by atoms with E-state index in [1.165, 1.54) is 4.90 Å². The summed E-state index contributed by atoms with van der Waals surface area (Å²) in [7, 11) is 0. The van der Waals surface area contributed by atoms with E-state index in [0.717, 1.165) is 16.9 Å². The number of carboxylic acid groups (broad SMARTS) is 1. The SMILES string of the molecule is Cc1ccc(-n2nnc(CC(=O)N3CCOC(C(=O)O)C3)c2C)cc1. The molecular weight excluding hydrogens is 324 g/mol. The number of carbonyl (C=O) groups excluding carboxylic acids is 1. The molecule has 1 atom stereocenters. The van der Waals surface area contributed by atoms with Crippen LogP contribution in [0.2, 0.25) is 0 Å². The first kappa shape index (κ1) is 17.1. The fourth-order valence-corrected chi connectivity index (χ4v) is 2.74. The second-order valence-electron chi connectivity index (χ2n) is 6.08. The molecule has 0 radical (unpaired) electrons. The Hall–Kier alpha value is -2.74. The van der Waals surface area contributed by atoms with Crippen LogP contribution in [0.4, 0.5) is 0 Å². The summed E-state index contributed by atoms with van der Waals surface area (Å²) < 4.78 is 6.84. The van der Waals surface area contributed by atoms with E-state index < -0.39 is 12.1 Å². The lowest BCUT2D eigenvalue weighted by molar-refractivity contribution is -0.159. The summed E-state index contributed by atoms with van der Waals surface area (Å²) in [6.07, 6.45) is -0.883. The third-order valence-corrected chi connectivity index (χ3v) is 4.28. The van der Waals surface area contributed by atoms with Crippen molar-refractivity contribution in [3.63, 3.8) is 0 Å². The normalized spacial score (nSPS) is 17.5. The number of hydrogen-bond donors (Lipinski definition) is 1. The van der Waals surface area contributed by atoms with E-state index in [9.17, 15) is 9.59 Å². The van der Waals surface area contributed by atoms with Crippen molar-refractivity contribution < 1.29 is 19.4 Å². The molecule has 1 amide bonds. The van der Waals surface area contributed by atoms with Crippen molar-refractivity contribution in [3.05, 3.63) is 41.2 Å². The number of ether oxygens (including phenoxy) is 1. The smallest absolute Gasteiger partial charge is 0.334 e. The average molecular weight is 344 g/mol. The maximum atomic E-state index is 12.5. The summed E-state index contributed by atoms with van der Waals surface area (Å²) in [5.74, 6) is -1.23. The van der Waals surface area contributed by atoms with Gasteiger partial charge in [0.25, 0.3) is 0 Å². The molecule has 1 aliphatic heterocycles. The number of carboxylic acids is 1. The Morgan fingerprint density at radius 3 is 2.68 bits per heavy atom. The monoisotopic (exact) mass is 344 g/mol. The first-order chi connectivity index (χ1) is 12.0. The van der Waals surface area contributed by atoms with E-state index in [-0.39, 0.29) is 25.5 Å². The molecule has 0 saturated carbocycles. The number of aryl methyl sites for hydroxylation is 1. The highest BCUT2D eigenvalue weighted by atomic mass is 16.5. The molecule has 132 valence electrons. The molecule has 1 fully saturated rings. The lowest BCUT2D eigenvalue weighted by atomic mass is 10.2. The van der Waals surface area contributed by atoms with E-state index in [1.54, 1.807) is 4.68 Å². The van der Waals surface area contributed by atoms with Crippen LogP contribution in [0.3, 0.4) is 0 Å². The first-order valence-corrected chi connectivity index (χ1v) is 8.06. The van der Waals surface area contributed by atoms with Gasteiger partial charge in [0.1, 0.15) is 0 Å². The van der Waals surface area contributed by atoms with Crippen molar-refractivity contribution in [1.82, 2.24) is 19.9 Å². The van der Waals surface area contributed by atoms with Crippen LogP contribution >= 0.6 is 0 Å². The molecule has 1 unspecified atom stereocenters. The Bertz CT molecular complexity index is 784. The molecule has 3 rings (SSSR count). The van der Waals surface area contributed by atoms with Gasteiger partial charge in [-0.1, -0.05) is 22.9 Å². The molecule has 25 heavy (non-hydrogen) atoms. The fourth-order valence-electron chi connectivity index (χ4n) is 2.74. The van der Waals surface area contributed by atoms with Crippen LogP contribution in [0.5, 0.6) is 0 Å². The quantitative estimate of drug-likeness (QED) is 0.878. The van der Waals surface area contributed by atoms with Crippen LogP contribution in [-0.2, 0) is 20.7 Å². The highest BCUT2D eigenvalue weighted by Gasteiger charge is 2.29. The molecule has 1 aromatic heterocycles. The standard InChI is InChI=1S/C17H20N4O4/c1-11-3-5-13(6-4-11)21-12(2)14(18-19-21)9-16(22)20-7-8-25-15(10-20)17(23)24/h3-6,15H,7-10H2,1-2H3,(H,23,24). The zero-order chi connectivity index (χ0) is 18.0. The second-order valence-corrected chi connectivity index (χ2v) is 6.08. The van der Waals surface area contributed by atoms with Crippen molar-refractivity contribution in [3.8, 4) is 5.69 Å². The molecule has 0 spiro atoms. The molecule has 2 heterocycles. The lowest BCUT2D eigenvalue weighted by Crippen LogP contribution is -2.49. The number of benzene rings is 1. The van der Waals surface area contributed by atoms with Gasteiger partial charge in [-0.2, -0.15) is 0 Å². The Morgan fingerprint density at radius 2 is 2.00 bits per heavy atom. The van der Waals surface area contributed by atoms with Crippen LogP contribution in [0, 0.1) is 13.8 Å². The summed E-state index contributed by atoms with van der Waals surface area (Å²) in [6, 6.07) is 7.87. The van der Waals surface area contributed by atoms with E-state index >= 15 is 0 Å². The van der Waals surface area contributed by atoms with Crippen LogP contribution in [0.25, 0.3) is 5.69 Å². The molecule has 1 aliphatic rings. The molecule has 8 heteroatoms. The summed E-state index contributed by atoms with van der Waals surface area (Å²) >= 11 is 0. The number of aliphatic carboxylic acids is 1. The fraction of sp³-hybridized carbons (Fsp3) is 0.412. The van der Waals surface area contributed by atoms with Gasteiger partial charge < -0.3 is 14.7 Å².